The number of hydrogen-bond donors (Lipinski definition) is 0. The minimum atomic E-state index is 0.0891. The quantitative estimate of drug-likeness (QED) is 0.585. The van der Waals surface area contributed by atoms with E-state index in [4.69, 9.17) is 0 Å². The molecule has 0 amide bonds. The van der Waals surface area contributed by atoms with Crippen LogP contribution in [-0.4, -0.2) is 5.78 Å². The molecule has 0 spiro atoms. The highest BCUT2D eigenvalue weighted by Crippen LogP contribution is 2.52. The molecule has 2 aliphatic carbocycles. The molecule has 3 rings (SSSR count). The molecule has 2 aliphatic rings. The molecular formula is C16H15NO. The molecule has 4 atom stereocenters. The Morgan fingerprint density at radius 1 is 1.22 bits per heavy atom. The number of hydrogen-bond acceptors (Lipinski definition) is 2. The minimum absolute atomic E-state index is 0.0891. The van der Waals surface area contributed by atoms with E-state index in [9.17, 15) is 10.1 Å². The molecule has 2 nitrogen and oxygen atoms in total. The average Bonchev–Trinajstić information content (AvgIpc) is 2.98. The van der Waals surface area contributed by atoms with E-state index in [1.165, 1.54) is 5.56 Å². The monoisotopic (exact) mass is 237 g/mol. The van der Waals surface area contributed by atoms with Gasteiger partial charge in [0.25, 0.3) is 0 Å². The van der Waals surface area contributed by atoms with E-state index in [1.54, 1.807) is 6.92 Å². The third-order valence-corrected chi connectivity index (χ3v) is 4.31. The molecule has 0 aliphatic heterocycles. The first kappa shape index (κ1) is 11.2. The van der Waals surface area contributed by atoms with Crippen molar-refractivity contribution in [3.63, 3.8) is 0 Å². The third kappa shape index (κ3) is 1.59. The molecule has 1 aromatic rings. The third-order valence-electron chi connectivity index (χ3n) is 4.31. The van der Waals surface area contributed by atoms with Crippen molar-refractivity contribution in [3.8, 4) is 6.07 Å². The zero-order valence-corrected chi connectivity index (χ0v) is 10.3. The Balaban J connectivity index is 1.93. The van der Waals surface area contributed by atoms with Crippen LogP contribution in [-0.2, 0) is 0 Å². The summed E-state index contributed by atoms with van der Waals surface area (Å²) in [6, 6.07) is 10.2. The number of nitrogens with zero attached hydrogens (tertiary/aromatic N) is 1. The SMILES string of the molecule is CC(=O)c1ccc([C@@H]2[C@H](C#N)[C@H]3C=C[C@@H]2C3)cc1. The highest BCUT2D eigenvalue weighted by atomic mass is 16.1. The second-order valence-corrected chi connectivity index (χ2v) is 5.31. The maximum Gasteiger partial charge on any atom is 0.159 e. The maximum atomic E-state index is 11.3. The maximum absolute atomic E-state index is 11.3. The molecule has 18 heavy (non-hydrogen) atoms. The van der Waals surface area contributed by atoms with E-state index in [-0.39, 0.29) is 11.7 Å². The number of Topliss-reactive ketones (excluding diaryl/α,β-unsaturated/α-hetero) is 1. The van der Waals surface area contributed by atoms with Gasteiger partial charge in [0, 0.05) is 11.5 Å². The molecular weight excluding hydrogens is 222 g/mol. The molecule has 2 bridgehead atoms. The van der Waals surface area contributed by atoms with Gasteiger partial charge in [-0.05, 0) is 30.7 Å². The van der Waals surface area contributed by atoms with E-state index in [2.05, 4.69) is 18.2 Å². The van der Waals surface area contributed by atoms with Gasteiger partial charge in [-0.1, -0.05) is 36.4 Å². The van der Waals surface area contributed by atoms with Gasteiger partial charge in [0.15, 0.2) is 5.78 Å². The molecule has 0 radical (unpaired) electrons. The summed E-state index contributed by atoms with van der Waals surface area (Å²) in [6.45, 7) is 1.58. The van der Waals surface area contributed by atoms with Crippen molar-refractivity contribution in [2.24, 2.45) is 17.8 Å². The molecule has 1 aromatic carbocycles. The normalized spacial score (nSPS) is 32.4. The van der Waals surface area contributed by atoms with Gasteiger partial charge >= 0.3 is 0 Å². The largest absolute Gasteiger partial charge is 0.295 e. The van der Waals surface area contributed by atoms with E-state index in [0.29, 0.717) is 17.8 Å². The number of carbonyl (C=O) groups excluding carboxylic acids is 1. The lowest BCUT2D eigenvalue weighted by atomic mass is 9.79. The van der Waals surface area contributed by atoms with E-state index in [1.807, 2.05) is 24.3 Å². The predicted octanol–water partition coefficient (Wildman–Crippen LogP) is 3.32. The summed E-state index contributed by atoms with van der Waals surface area (Å²) in [7, 11) is 0. The number of ketones is 1. The van der Waals surface area contributed by atoms with Gasteiger partial charge in [0.2, 0.25) is 0 Å². The number of carbonyl (C=O) groups is 1. The van der Waals surface area contributed by atoms with Gasteiger partial charge in [0.05, 0.1) is 12.0 Å². The first-order chi connectivity index (χ1) is 8.70. The van der Waals surface area contributed by atoms with Crippen LogP contribution < -0.4 is 0 Å². The number of benzene rings is 1. The van der Waals surface area contributed by atoms with Crippen LogP contribution in [0.15, 0.2) is 36.4 Å². The summed E-state index contributed by atoms with van der Waals surface area (Å²) < 4.78 is 0. The lowest BCUT2D eigenvalue weighted by Crippen LogP contribution is -2.16. The van der Waals surface area contributed by atoms with Crippen molar-refractivity contribution >= 4 is 5.78 Å². The van der Waals surface area contributed by atoms with Gasteiger partial charge in [-0.2, -0.15) is 5.26 Å². The van der Waals surface area contributed by atoms with Crippen molar-refractivity contribution < 1.29 is 4.79 Å². The molecule has 2 heteroatoms. The van der Waals surface area contributed by atoms with Crippen LogP contribution in [0.2, 0.25) is 0 Å². The number of rotatable bonds is 2. The molecule has 0 aromatic heterocycles. The Labute approximate surface area is 107 Å². The van der Waals surface area contributed by atoms with Gasteiger partial charge in [-0.3, -0.25) is 4.79 Å². The first-order valence-corrected chi connectivity index (χ1v) is 6.39. The molecule has 1 fully saturated rings. The van der Waals surface area contributed by atoms with Crippen LogP contribution in [0.5, 0.6) is 0 Å². The fraction of sp³-hybridized carbons (Fsp3) is 0.375. The Bertz CT molecular complexity index is 549. The van der Waals surface area contributed by atoms with Crippen LogP contribution in [0.3, 0.4) is 0 Å². The standard InChI is InChI=1S/C16H15NO/c1-10(18)11-2-4-12(5-3-11)16-14-7-6-13(8-14)15(16)9-17/h2-7,13-16H,8H2,1H3/t13-,14+,15+,16-/m0/s1. The highest BCUT2D eigenvalue weighted by molar-refractivity contribution is 5.94. The van der Waals surface area contributed by atoms with E-state index in [0.717, 1.165) is 12.0 Å². The topological polar surface area (TPSA) is 40.9 Å². The smallest absolute Gasteiger partial charge is 0.159 e. The van der Waals surface area contributed by atoms with Crippen molar-refractivity contribution in [2.75, 3.05) is 0 Å². The summed E-state index contributed by atoms with van der Waals surface area (Å²) in [5.41, 5.74) is 1.94. The van der Waals surface area contributed by atoms with Crippen LogP contribution in [0, 0.1) is 29.1 Å². The highest BCUT2D eigenvalue weighted by Gasteiger charge is 2.45. The fourth-order valence-electron chi connectivity index (χ4n) is 3.39. The Morgan fingerprint density at radius 3 is 2.50 bits per heavy atom. The number of nitriles is 1. The van der Waals surface area contributed by atoms with Crippen LogP contribution in [0.25, 0.3) is 0 Å². The average molecular weight is 237 g/mol. The fourth-order valence-corrected chi connectivity index (χ4v) is 3.39. The summed E-state index contributed by atoms with van der Waals surface area (Å²) >= 11 is 0. The second-order valence-electron chi connectivity index (χ2n) is 5.31. The Hall–Kier alpha value is -1.88. The van der Waals surface area contributed by atoms with Crippen molar-refractivity contribution in [3.05, 3.63) is 47.5 Å². The van der Waals surface area contributed by atoms with Crippen LogP contribution >= 0.6 is 0 Å². The number of fused-ring (bicyclic) bond motifs is 2. The molecule has 1 saturated carbocycles. The lowest BCUT2D eigenvalue weighted by Gasteiger charge is -2.23. The van der Waals surface area contributed by atoms with Gasteiger partial charge in [-0.25, -0.2) is 0 Å². The number of allylic oxidation sites excluding steroid dienone is 2. The second kappa shape index (κ2) is 4.10. The first-order valence-electron chi connectivity index (χ1n) is 6.39. The summed E-state index contributed by atoms with van der Waals surface area (Å²) in [5.74, 6) is 1.43. The van der Waals surface area contributed by atoms with Crippen LogP contribution in [0.4, 0.5) is 0 Å². The van der Waals surface area contributed by atoms with Gasteiger partial charge < -0.3 is 0 Å². The molecule has 0 N–H and O–H groups in total. The summed E-state index contributed by atoms with van der Waals surface area (Å²) in [4.78, 5) is 11.3. The zero-order chi connectivity index (χ0) is 12.7. The summed E-state index contributed by atoms with van der Waals surface area (Å²) in [5, 5.41) is 9.32. The van der Waals surface area contributed by atoms with Crippen molar-refractivity contribution in [1.82, 2.24) is 0 Å². The van der Waals surface area contributed by atoms with E-state index < -0.39 is 0 Å². The zero-order valence-electron chi connectivity index (χ0n) is 10.3. The molecule has 0 unspecified atom stereocenters. The Kier molecular flexibility index (Phi) is 2.56. The van der Waals surface area contributed by atoms with Crippen molar-refractivity contribution in [1.29, 1.82) is 5.26 Å². The minimum Gasteiger partial charge on any atom is -0.295 e. The van der Waals surface area contributed by atoms with Gasteiger partial charge in [0.1, 0.15) is 0 Å². The predicted molar refractivity (Wildman–Crippen MR) is 69.0 cm³/mol. The Morgan fingerprint density at radius 2 is 1.89 bits per heavy atom. The lowest BCUT2D eigenvalue weighted by molar-refractivity contribution is 0.101. The van der Waals surface area contributed by atoms with E-state index >= 15 is 0 Å². The summed E-state index contributed by atoms with van der Waals surface area (Å²) in [6.07, 6.45) is 5.55. The molecule has 0 saturated heterocycles. The van der Waals surface area contributed by atoms with Crippen molar-refractivity contribution in [2.45, 2.75) is 19.3 Å². The molecule has 0 heterocycles. The van der Waals surface area contributed by atoms with Gasteiger partial charge in [-0.15, -0.1) is 0 Å². The molecule has 90 valence electrons. The van der Waals surface area contributed by atoms with Crippen LogP contribution in [0.1, 0.15) is 35.2 Å².